The quantitative estimate of drug-likeness (QED) is 0.865. The smallest absolute Gasteiger partial charge is 0.434 e. The fourth-order valence-corrected chi connectivity index (χ4v) is 2.06. The van der Waals surface area contributed by atoms with Crippen LogP contribution in [0.25, 0.3) is 0 Å². The topological polar surface area (TPSA) is 47.9 Å². The van der Waals surface area contributed by atoms with Crippen molar-refractivity contribution >= 4 is 12.6 Å². The highest BCUT2D eigenvalue weighted by atomic mass is 19.3. The Morgan fingerprint density at radius 1 is 1.19 bits per heavy atom. The molecule has 21 heavy (non-hydrogen) atoms. The highest BCUT2D eigenvalue weighted by molar-refractivity contribution is 6.62. The van der Waals surface area contributed by atoms with Gasteiger partial charge in [0.25, 0.3) is 0 Å². The first-order valence-electron chi connectivity index (χ1n) is 6.70. The zero-order valence-electron chi connectivity index (χ0n) is 12.5. The molecule has 7 heteroatoms. The SMILES string of the molecule is CC1(C)OB(c2ccc(OC(F)F)c(CO)c2)OC1(C)C. The Bertz CT molecular complexity index is 504. The highest BCUT2D eigenvalue weighted by Gasteiger charge is 2.51. The van der Waals surface area contributed by atoms with E-state index in [1.165, 1.54) is 6.07 Å². The second-order valence-corrected chi connectivity index (χ2v) is 5.99. The summed E-state index contributed by atoms with van der Waals surface area (Å²) in [6.45, 7) is 4.36. The summed E-state index contributed by atoms with van der Waals surface area (Å²) in [5.74, 6) is -0.0484. The summed E-state index contributed by atoms with van der Waals surface area (Å²) in [6.07, 6.45) is 0. The average Bonchev–Trinajstić information content (AvgIpc) is 2.58. The van der Waals surface area contributed by atoms with E-state index in [1.807, 2.05) is 27.7 Å². The molecule has 0 aromatic heterocycles. The molecule has 116 valence electrons. The molecule has 4 nitrogen and oxygen atoms in total. The lowest BCUT2D eigenvalue weighted by Gasteiger charge is -2.32. The molecule has 0 bridgehead atoms. The molecule has 1 heterocycles. The van der Waals surface area contributed by atoms with Gasteiger partial charge in [-0.15, -0.1) is 0 Å². The molecular formula is C14H19BF2O4. The molecule has 0 aliphatic carbocycles. The Labute approximate surface area is 123 Å². The van der Waals surface area contributed by atoms with Gasteiger partial charge in [0.2, 0.25) is 0 Å². The van der Waals surface area contributed by atoms with E-state index in [0.717, 1.165) is 0 Å². The standard InChI is InChI=1S/C14H19BF2O4/c1-13(2)14(3,4)21-15(20-13)10-5-6-11(19-12(16)17)9(7-10)8-18/h5-7,12,18H,8H2,1-4H3. The summed E-state index contributed by atoms with van der Waals surface area (Å²) in [5, 5.41) is 9.30. The minimum Gasteiger partial charge on any atom is -0.434 e. The highest BCUT2D eigenvalue weighted by Crippen LogP contribution is 2.36. The van der Waals surface area contributed by atoms with Crippen LogP contribution in [0.5, 0.6) is 5.75 Å². The first-order chi connectivity index (χ1) is 9.66. The summed E-state index contributed by atoms with van der Waals surface area (Å²) in [4.78, 5) is 0. The molecule has 1 aliphatic heterocycles. The van der Waals surface area contributed by atoms with Crippen molar-refractivity contribution in [2.24, 2.45) is 0 Å². The number of hydrogen-bond donors (Lipinski definition) is 1. The van der Waals surface area contributed by atoms with Gasteiger partial charge in [-0.3, -0.25) is 0 Å². The molecule has 1 aromatic carbocycles. The zero-order chi connectivity index (χ0) is 15.8. The largest absolute Gasteiger partial charge is 0.494 e. The summed E-state index contributed by atoms with van der Waals surface area (Å²) < 4.78 is 40.7. The van der Waals surface area contributed by atoms with E-state index in [0.29, 0.717) is 5.46 Å². The number of hydrogen-bond acceptors (Lipinski definition) is 4. The molecule has 0 saturated carbocycles. The lowest BCUT2D eigenvalue weighted by Crippen LogP contribution is -2.41. The van der Waals surface area contributed by atoms with Gasteiger partial charge >= 0.3 is 13.7 Å². The lowest BCUT2D eigenvalue weighted by molar-refractivity contribution is -0.0509. The normalized spacial score (nSPS) is 20.1. The predicted octanol–water partition coefficient (Wildman–Crippen LogP) is 2.08. The monoisotopic (exact) mass is 300 g/mol. The van der Waals surface area contributed by atoms with Crippen molar-refractivity contribution in [3.63, 3.8) is 0 Å². The molecule has 0 amide bonds. The van der Waals surface area contributed by atoms with Crippen molar-refractivity contribution < 1.29 is 27.9 Å². The third kappa shape index (κ3) is 3.20. The van der Waals surface area contributed by atoms with Crippen molar-refractivity contribution in [3.05, 3.63) is 23.8 Å². The van der Waals surface area contributed by atoms with Crippen molar-refractivity contribution in [2.45, 2.75) is 52.1 Å². The van der Waals surface area contributed by atoms with E-state index in [2.05, 4.69) is 4.74 Å². The van der Waals surface area contributed by atoms with E-state index in [4.69, 9.17) is 9.31 Å². The molecule has 1 fully saturated rings. The molecule has 0 spiro atoms. The maximum Gasteiger partial charge on any atom is 0.494 e. The average molecular weight is 300 g/mol. The van der Waals surface area contributed by atoms with Crippen LogP contribution in [-0.2, 0) is 15.9 Å². The minimum atomic E-state index is -2.93. The Hall–Kier alpha value is -1.18. The van der Waals surface area contributed by atoms with Crippen LogP contribution in [-0.4, -0.2) is 30.0 Å². The van der Waals surface area contributed by atoms with Gasteiger partial charge in [0.1, 0.15) is 5.75 Å². The van der Waals surface area contributed by atoms with Gasteiger partial charge in [0, 0.05) is 5.56 Å². The van der Waals surface area contributed by atoms with E-state index in [9.17, 15) is 13.9 Å². The van der Waals surface area contributed by atoms with Gasteiger partial charge < -0.3 is 19.2 Å². The Kier molecular flexibility index (Phi) is 4.28. The number of halogens is 2. The van der Waals surface area contributed by atoms with Crippen molar-refractivity contribution in [1.29, 1.82) is 0 Å². The van der Waals surface area contributed by atoms with E-state index in [1.54, 1.807) is 12.1 Å². The van der Waals surface area contributed by atoms with Gasteiger partial charge in [-0.2, -0.15) is 8.78 Å². The van der Waals surface area contributed by atoms with Crippen LogP contribution < -0.4 is 10.2 Å². The fourth-order valence-electron chi connectivity index (χ4n) is 2.06. The maximum atomic E-state index is 12.3. The predicted molar refractivity (Wildman–Crippen MR) is 74.7 cm³/mol. The van der Waals surface area contributed by atoms with Crippen LogP contribution in [0.1, 0.15) is 33.3 Å². The van der Waals surface area contributed by atoms with Crippen molar-refractivity contribution in [2.75, 3.05) is 0 Å². The number of benzene rings is 1. The number of rotatable bonds is 4. The van der Waals surface area contributed by atoms with Gasteiger partial charge in [0.05, 0.1) is 17.8 Å². The van der Waals surface area contributed by atoms with Crippen molar-refractivity contribution in [3.8, 4) is 5.75 Å². The number of alkyl halides is 2. The summed E-state index contributed by atoms with van der Waals surface area (Å²) in [7, 11) is -0.610. The lowest BCUT2D eigenvalue weighted by atomic mass is 9.78. The first kappa shape index (κ1) is 16.2. The molecule has 1 saturated heterocycles. The van der Waals surface area contributed by atoms with Crippen LogP contribution in [0.2, 0.25) is 0 Å². The third-order valence-corrected chi connectivity index (χ3v) is 4.00. The van der Waals surface area contributed by atoms with Gasteiger partial charge in [-0.1, -0.05) is 12.1 Å². The van der Waals surface area contributed by atoms with Gasteiger partial charge in [0.15, 0.2) is 0 Å². The minimum absolute atomic E-state index is 0.0484. The fraction of sp³-hybridized carbons (Fsp3) is 0.571. The van der Waals surface area contributed by atoms with Crippen LogP contribution in [0, 0.1) is 0 Å². The summed E-state index contributed by atoms with van der Waals surface area (Å²) >= 11 is 0. The molecule has 0 unspecified atom stereocenters. The van der Waals surface area contributed by atoms with Gasteiger partial charge in [-0.25, -0.2) is 0 Å². The van der Waals surface area contributed by atoms with Crippen molar-refractivity contribution in [1.82, 2.24) is 0 Å². The first-order valence-corrected chi connectivity index (χ1v) is 6.70. The number of aliphatic hydroxyl groups is 1. The molecule has 1 N–H and O–H groups in total. The molecule has 1 aliphatic rings. The molecule has 2 rings (SSSR count). The second kappa shape index (κ2) is 5.55. The number of aliphatic hydroxyl groups excluding tert-OH is 1. The molecule has 0 radical (unpaired) electrons. The van der Waals surface area contributed by atoms with Crippen LogP contribution in [0.3, 0.4) is 0 Å². The van der Waals surface area contributed by atoms with E-state index < -0.39 is 31.5 Å². The van der Waals surface area contributed by atoms with Gasteiger partial charge in [-0.05, 0) is 39.2 Å². The zero-order valence-corrected chi connectivity index (χ0v) is 12.5. The summed E-state index contributed by atoms with van der Waals surface area (Å²) in [5.41, 5.74) is -0.0634. The second-order valence-electron chi connectivity index (χ2n) is 5.99. The van der Waals surface area contributed by atoms with Crippen LogP contribution in [0.15, 0.2) is 18.2 Å². The number of ether oxygens (including phenoxy) is 1. The van der Waals surface area contributed by atoms with E-state index in [-0.39, 0.29) is 11.3 Å². The molecule has 0 atom stereocenters. The third-order valence-electron chi connectivity index (χ3n) is 4.00. The Balaban J connectivity index is 2.26. The molecular weight excluding hydrogens is 281 g/mol. The Morgan fingerprint density at radius 2 is 1.76 bits per heavy atom. The summed E-state index contributed by atoms with van der Waals surface area (Å²) in [6, 6.07) is 4.54. The maximum absolute atomic E-state index is 12.3. The molecule has 1 aromatic rings. The van der Waals surface area contributed by atoms with Crippen LogP contribution >= 0.6 is 0 Å². The van der Waals surface area contributed by atoms with Crippen LogP contribution in [0.4, 0.5) is 8.78 Å². The Morgan fingerprint density at radius 3 is 2.24 bits per heavy atom. The van der Waals surface area contributed by atoms with E-state index >= 15 is 0 Å².